The molecule has 0 unspecified atom stereocenters. The Kier molecular flexibility index (Phi) is 5.26. The van der Waals surface area contributed by atoms with Crippen molar-refractivity contribution in [3.63, 3.8) is 0 Å². The van der Waals surface area contributed by atoms with Crippen LogP contribution in [-0.2, 0) is 21.6 Å². The van der Waals surface area contributed by atoms with E-state index >= 15 is 0 Å². The highest BCUT2D eigenvalue weighted by molar-refractivity contribution is 6.03. The van der Waals surface area contributed by atoms with Crippen molar-refractivity contribution in [3.05, 3.63) is 114 Å². The summed E-state index contributed by atoms with van der Waals surface area (Å²) in [4.78, 5) is 36.0. The Hall–Kier alpha value is -4.19. The van der Waals surface area contributed by atoms with E-state index in [1.165, 1.54) is 4.90 Å². The van der Waals surface area contributed by atoms with Gasteiger partial charge in [-0.1, -0.05) is 91.0 Å². The third kappa shape index (κ3) is 3.69. The van der Waals surface area contributed by atoms with Gasteiger partial charge in [0.15, 0.2) is 5.82 Å². The van der Waals surface area contributed by atoms with Crippen molar-refractivity contribution in [2.75, 3.05) is 0 Å². The fourth-order valence-electron chi connectivity index (χ4n) is 4.25. The molecule has 1 aliphatic rings. The van der Waals surface area contributed by atoms with Crippen molar-refractivity contribution in [3.8, 4) is 11.3 Å². The summed E-state index contributed by atoms with van der Waals surface area (Å²) in [5.41, 5.74) is 1.82. The van der Waals surface area contributed by atoms with E-state index in [2.05, 4.69) is 9.97 Å². The molecule has 0 saturated carbocycles. The first kappa shape index (κ1) is 20.7. The fourth-order valence-corrected chi connectivity index (χ4v) is 4.25. The fraction of sp³-hybridized carbons (Fsp3) is 0.148. The Morgan fingerprint density at radius 1 is 0.909 bits per heavy atom. The summed E-state index contributed by atoms with van der Waals surface area (Å²) in [6, 6.07) is 28.2. The summed E-state index contributed by atoms with van der Waals surface area (Å²) in [7, 11) is 0. The maximum absolute atomic E-state index is 13.9. The van der Waals surface area contributed by atoms with Gasteiger partial charge in [0.25, 0.3) is 11.5 Å². The zero-order chi connectivity index (χ0) is 22.8. The second-order valence-electron chi connectivity index (χ2n) is 8.13. The second kappa shape index (κ2) is 8.39. The SMILES string of the molecule is C[C@H](c1ccccc1)N1C(=O)O[C@](Cc2ccccc2)(c2ncc(-c3ccccc3)[nH]2)C1=O. The normalized spacial score (nSPS) is 18.9. The summed E-state index contributed by atoms with van der Waals surface area (Å²) in [6.45, 7) is 1.82. The van der Waals surface area contributed by atoms with Gasteiger partial charge in [-0.25, -0.2) is 14.7 Å². The van der Waals surface area contributed by atoms with E-state index in [4.69, 9.17) is 4.74 Å². The number of aromatic amines is 1. The lowest BCUT2D eigenvalue weighted by atomic mass is 9.92. The Bertz CT molecular complexity index is 1270. The number of amides is 2. The maximum atomic E-state index is 13.9. The van der Waals surface area contributed by atoms with Gasteiger partial charge in [-0.15, -0.1) is 0 Å². The number of benzene rings is 3. The molecular weight excluding hydrogens is 414 g/mol. The van der Waals surface area contributed by atoms with Gasteiger partial charge in [-0.2, -0.15) is 0 Å². The molecule has 1 saturated heterocycles. The number of hydrogen-bond acceptors (Lipinski definition) is 4. The van der Waals surface area contributed by atoms with Gasteiger partial charge in [0.2, 0.25) is 0 Å². The largest absolute Gasteiger partial charge is 0.424 e. The molecule has 0 bridgehead atoms. The number of imidazole rings is 1. The molecule has 0 radical (unpaired) electrons. The van der Waals surface area contributed by atoms with Crippen molar-refractivity contribution < 1.29 is 14.3 Å². The number of rotatable bonds is 6. The predicted octanol–water partition coefficient (Wildman–Crippen LogP) is 5.25. The molecule has 3 aromatic carbocycles. The number of hydrogen-bond donors (Lipinski definition) is 1. The van der Waals surface area contributed by atoms with Crippen molar-refractivity contribution in [1.29, 1.82) is 0 Å². The zero-order valence-electron chi connectivity index (χ0n) is 18.1. The smallest absolute Gasteiger partial charge is 0.418 e. The average Bonchev–Trinajstić information content (AvgIpc) is 3.44. The van der Waals surface area contributed by atoms with Crippen LogP contribution in [0.15, 0.2) is 97.2 Å². The van der Waals surface area contributed by atoms with Gasteiger partial charge in [0, 0.05) is 6.42 Å². The number of nitrogens with zero attached hydrogens (tertiary/aromatic N) is 2. The van der Waals surface area contributed by atoms with E-state index in [9.17, 15) is 9.59 Å². The molecule has 5 rings (SSSR count). The third-order valence-corrected chi connectivity index (χ3v) is 6.03. The molecule has 0 spiro atoms. The van der Waals surface area contributed by atoms with E-state index in [0.717, 1.165) is 22.4 Å². The Labute approximate surface area is 191 Å². The molecule has 6 nitrogen and oxygen atoms in total. The minimum Gasteiger partial charge on any atom is -0.424 e. The summed E-state index contributed by atoms with van der Waals surface area (Å²) < 4.78 is 5.90. The van der Waals surface area contributed by atoms with E-state index < -0.39 is 23.6 Å². The van der Waals surface area contributed by atoms with Crippen LogP contribution in [0.3, 0.4) is 0 Å². The summed E-state index contributed by atoms with van der Waals surface area (Å²) >= 11 is 0. The highest BCUT2D eigenvalue weighted by Gasteiger charge is 2.58. The van der Waals surface area contributed by atoms with Crippen LogP contribution in [0.4, 0.5) is 4.79 Å². The van der Waals surface area contributed by atoms with Crippen LogP contribution in [0.5, 0.6) is 0 Å². The molecular formula is C27H23N3O3. The monoisotopic (exact) mass is 437 g/mol. The quantitative estimate of drug-likeness (QED) is 0.447. The third-order valence-electron chi connectivity index (χ3n) is 6.03. The van der Waals surface area contributed by atoms with Gasteiger partial charge in [0.1, 0.15) is 0 Å². The number of H-pyrrole nitrogens is 1. The maximum Gasteiger partial charge on any atom is 0.418 e. The van der Waals surface area contributed by atoms with E-state index in [-0.39, 0.29) is 6.42 Å². The first-order chi connectivity index (χ1) is 16.1. The molecule has 1 aromatic heterocycles. The predicted molar refractivity (Wildman–Crippen MR) is 124 cm³/mol. The number of cyclic esters (lactones) is 1. The van der Waals surface area contributed by atoms with Gasteiger partial charge in [-0.3, -0.25) is 4.79 Å². The van der Waals surface area contributed by atoms with E-state index in [1.807, 2.05) is 97.9 Å². The Morgan fingerprint density at radius 2 is 1.52 bits per heavy atom. The van der Waals surface area contributed by atoms with Crippen LogP contribution in [-0.4, -0.2) is 26.9 Å². The molecule has 2 heterocycles. The first-order valence-electron chi connectivity index (χ1n) is 10.8. The Balaban J connectivity index is 1.58. The second-order valence-corrected chi connectivity index (χ2v) is 8.13. The molecule has 1 N–H and O–H groups in total. The minimum absolute atomic E-state index is 0.179. The number of carbonyl (C=O) groups excluding carboxylic acids is 2. The van der Waals surface area contributed by atoms with Gasteiger partial charge in [0.05, 0.1) is 17.9 Å². The molecule has 6 heteroatoms. The van der Waals surface area contributed by atoms with Crippen LogP contribution < -0.4 is 0 Å². The molecule has 2 amide bonds. The molecule has 2 atom stereocenters. The minimum atomic E-state index is -1.57. The highest BCUT2D eigenvalue weighted by Crippen LogP contribution is 2.40. The Morgan fingerprint density at radius 3 is 2.18 bits per heavy atom. The molecule has 1 fully saturated rings. The zero-order valence-corrected chi connectivity index (χ0v) is 18.1. The van der Waals surface area contributed by atoms with Crippen molar-refractivity contribution in [1.82, 2.24) is 14.9 Å². The lowest BCUT2D eigenvalue weighted by Crippen LogP contribution is -2.42. The number of nitrogens with one attached hydrogen (secondary N) is 1. The first-order valence-corrected chi connectivity index (χ1v) is 10.8. The molecule has 164 valence electrons. The van der Waals surface area contributed by atoms with Gasteiger partial charge < -0.3 is 9.72 Å². The summed E-state index contributed by atoms with van der Waals surface area (Å²) in [5, 5.41) is 0. The van der Waals surface area contributed by atoms with E-state index in [1.54, 1.807) is 6.20 Å². The van der Waals surface area contributed by atoms with Crippen LogP contribution in [0.2, 0.25) is 0 Å². The summed E-state index contributed by atoms with van der Waals surface area (Å²) in [6.07, 6.45) is 1.17. The lowest BCUT2D eigenvalue weighted by Gasteiger charge is -2.25. The molecule has 4 aromatic rings. The van der Waals surface area contributed by atoms with Crippen LogP contribution in [0.25, 0.3) is 11.3 Å². The topological polar surface area (TPSA) is 75.3 Å². The standard InChI is InChI=1S/C27H23N3O3/c1-19(21-13-7-3-8-14-21)30-25(31)27(33-26(30)32,17-20-11-5-2-6-12-20)24-28-18-23(29-24)22-15-9-4-10-16-22/h2-16,18-19H,17H2,1H3,(H,28,29)/t19-,27-/m1/s1. The van der Waals surface area contributed by atoms with Crippen molar-refractivity contribution >= 4 is 12.0 Å². The van der Waals surface area contributed by atoms with Crippen LogP contribution >= 0.6 is 0 Å². The van der Waals surface area contributed by atoms with Crippen molar-refractivity contribution in [2.45, 2.75) is 25.0 Å². The van der Waals surface area contributed by atoms with Crippen LogP contribution in [0, 0.1) is 0 Å². The van der Waals surface area contributed by atoms with Crippen LogP contribution in [0.1, 0.15) is 29.9 Å². The van der Waals surface area contributed by atoms with Gasteiger partial charge >= 0.3 is 6.09 Å². The number of carbonyl (C=O) groups is 2. The molecule has 0 aliphatic carbocycles. The number of ether oxygens (including phenoxy) is 1. The average molecular weight is 437 g/mol. The molecule has 1 aliphatic heterocycles. The van der Waals surface area contributed by atoms with Crippen molar-refractivity contribution in [2.24, 2.45) is 0 Å². The summed E-state index contributed by atoms with van der Waals surface area (Å²) in [5.74, 6) is -0.118. The van der Waals surface area contributed by atoms with E-state index in [0.29, 0.717) is 5.82 Å². The highest BCUT2D eigenvalue weighted by atomic mass is 16.6. The number of aromatic nitrogens is 2. The van der Waals surface area contributed by atoms with Gasteiger partial charge in [-0.05, 0) is 23.6 Å². The molecule has 33 heavy (non-hydrogen) atoms. The number of imide groups is 1. The lowest BCUT2D eigenvalue weighted by molar-refractivity contribution is -0.139.